The summed E-state index contributed by atoms with van der Waals surface area (Å²) < 4.78 is 10.0. The normalized spacial score (nSPS) is 12.9. The highest BCUT2D eigenvalue weighted by Gasteiger charge is 2.06. The van der Waals surface area contributed by atoms with Gasteiger partial charge in [0.1, 0.15) is 0 Å². The molecule has 2 N–H and O–H groups in total. The van der Waals surface area contributed by atoms with Crippen LogP contribution in [-0.2, 0) is 9.47 Å². The van der Waals surface area contributed by atoms with Crippen molar-refractivity contribution in [2.24, 2.45) is 0 Å². The highest BCUT2D eigenvalue weighted by molar-refractivity contribution is 7.99. The summed E-state index contributed by atoms with van der Waals surface area (Å²) in [6, 6.07) is 0. The highest BCUT2D eigenvalue weighted by Crippen LogP contribution is 2.12. The minimum absolute atomic E-state index is 0.330. The number of ether oxygens (including phenoxy) is 2. The van der Waals surface area contributed by atoms with Crippen LogP contribution in [0.4, 0.5) is 0 Å². The van der Waals surface area contributed by atoms with Crippen molar-refractivity contribution in [3.63, 3.8) is 0 Å². The number of nitrogens with zero attached hydrogens (tertiary/aromatic N) is 1. The summed E-state index contributed by atoms with van der Waals surface area (Å²) in [5.41, 5.74) is 0. The Balaban J connectivity index is 2.01. The molecule has 1 aromatic rings. The molecule has 0 aromatic carbocycles. The third-order valence-electron chi connectivity index (χ3n) is 1.63. The first-order valence-electron chi connectivity index (χ1n) is 4.70. The average molecular weight is 232 g/mol. The Morgan fingerprint density at radius 2 is 2.47 bits per heavy atom. The number of hydrogen-bond donors (Lipinski definition) is 2. The first-order chi connectivity index (χ1) is 7.33. The molecule has 86 valence electrons. The van der Waals surface area contributed by atoms with Crippen molar-refractivity contribution in [1.29, 1.82) is 0 Å². The Labute approximate surface area is 93.2 Å². The number of hydrogen-bond acceptors (Lipinski definition) is 5. The second-order valence-corrected chi connectivity index (χ2v) is 3.94. The van der Waals surface area contributed by atoms with Gasteiger partial charge in [0.05, 0.1) is 25.9 Å². The molecular weight excluding hydrogens is 216 g/mol. The molecule has 15 heavy (non-hydrogen) atoms. The van der Waals surface area contributed by atoms with Gasteiger partial charge in [-0.2, -0.15) is 0 Å². The van der Waals surface area contributed by atoms with Gasteiger partial charge in [0.25, 0.3) is 0 Å². The molecule has 0 aliphatic heterocycles. The zero-order valence-corrected chi connectivity index (χ0v) is 9.50. The highest BCUT2D eigenvalue weighted by atomic mass is 32.2. The summed E-state index contributed by atoms with van der Waals surface area (Å²) in [7, 11) is 1.62. The Morgan fingerprint density at radius 1 is 1.60 bits per heavy atom. The van der Waals surface area contributed by atoms with Gasteiger partial charge in [0.15, 0.2) is 5.16 Å². The van der Waals surface area contributed by atoms with Crippen molar-refractivity contribution in [2.75, 3.05) is 32.7 Å². The standard InChI is InChI=1S/C9H16N2O3S/c1-13-4-5-14-6-8(12)7-15-9-10-2-3-11-9/h2-3,8,12H,4-7H2,1H3,(H,10,11). The summed E-state index contributed by atoms with van der Waals surface area (Å²) in [5, 5.41) is 10.3. The molecule has 0 saturated heterocycles. The van der Waals surface area contributed by atoms with E-state index in [4.69, 9.17) is 9.47 Å². The molecule has 5 nitrogen and oxygen atoms in total. The maximum absolute atomic E-state index is 9.52. The summed E-state index contributed by atoms with van der Waals surface area (Å²) in [6.07, 6.45) is 2.96. The Bertz CT molecular complexity index is 244. The Kier molecular flexibility index (Phi) is 6.42. The van der Waals surface area contributed by atoms with Crippen LogP contribution in [0.25, 0.3) is 0 Å². The number of imidazole rings is 1. The Hall–Kier alpha value is -0.560. The van der Waals surface area contributed by atoms with Crippen molar-refractivity contribution in [2.45, 2.75) is 11.3 Å². The molecule has 0 aliphatic carbocycles. The second-order valence-electron chi connectivity index (χ2n) is 2.93. The molecule has 0 saturated carbocycles. The smallest absolute Gasteiger partial charge is 0.165 e. The third kappa shape index (κ3) is 5.78. The van der Waals surface area contributed by atoms with Crippen molar-refractivity contribution in [3.05, 3.63) is 12.4 Å². The molecule has 1 rings (SSSR count). The molecule has 0 aliphatic rings. The quantitative estimate of drug-likeness (QED) is 0.505. The number of aromatic amines is 1. The minimum Gasteiger partial charge on any atom is -0.390 e. The van der Waals surface area contributed by atoms with E-state index in [1.807, 2.05) is 0 Å². The molecule has 0 bridgehead atoms. The minimum atomic E-state index is -0.475. The fourth-order valence-electron chi connectivity index (χ4n) is 0.915. The van der Waals surface area contributed by atoms with Gasteiger partial charge in [-0.3, -0.25) is 0 Å². The lowest BCUT2D eigenvalue weighted by Gasteiger charge is -2.09. The van der Waals surface area contributed by atoms with E-state index < -0.39 is 6.10 Å². The van der Waals surface area contributed by atoms with E-state index in [1.165, 1.54) is 11.8 Å². The summed E-state index contributed by atoms with van der Waals surface area (Å²) in [4.78, 5) is 6.98. The van der Waals surface area contributed by atoms with Crippen LogP contribution < -0.4 is 0 Å². The van der Waals surface area contributed by atoms with E-state index in [9.17, 15) is 5.11 Å². The van der Waals surface area contributed by atoms with Gasteiger partial charge in [-0.25, -0.2) is 4.98 Å². The topological polar surface area (TPSA) is 67.4 Å². The zero-order chi connectivity index (χ0) is 10.9. The largest absolute Gasteiger partial charge is 0.390 e. The predicted molar refractivity (Wildman–Crippen MR) is 58.0 cm³/mol. The maximum atomic E-state index is 9.52. The lowest BCUT2D eigenvalue weighted by molar-refractivity contribution is 0.0218. The van der Waals surface area contributed by atoms with E-state index >= 15 is 0 Å². The van der Waals surface area contributed by atoms with Crippen LogP contribution in [0.3, 0.4) is 0 Å². The SMILES string of the molecule is COCCOCC(O)CSc1ncc[nH]1. The van der Waals surface area contributed by atoms with Crippen LogP contribution in [0, 0.1) is 0 Å². The number of thioether (sulfide) groups is 1. The maximum Gasteiger partial charge on any atom is 0.165 e. The van der Waals surface area contributed by atoms with Crippen LogP contribution >= 0.6 is 11.8 Å². The van der Waals surface area contributed by atoms with Crippen molar-refractivity contribution >= 4 is 11.8 Å². The Morgan fingerprint density at radius 3 is 3.13 bits per heavy atom. The van der Waals surface area contributed by atoms with E-state index in [-0.39, 0.29) is 0 Å². The fraction of sp³-hybridized carbons (Fsp3) is 0.667. The number of aliphatic hydroxyl groups is 1. The first kappa shape index (κ1) is 12.5. The van der Waals surface area contributed by atoms with Gasteiger partial charge < -0.3 is 19.6 Å². The number of aliphatic hydroxyl groups excluding tert-OH is 1. The summed E-state index contributed by atoms with van der Waals surface area (Å²) >= 11 is 1.47. The van der Waals surface area contributed by atoms with Gasteiger partial charge in [-0.1, -0.05) is 11.8 Å². The molecule has 1 aromatic heterocycles. The van der Waals surface area contributed by atoms with Crippen LogP contribution in [0.15, 0.2) is 17.6 Å². The summed E-state index contributed by atoms with van der Waals surface area (Å²) in [5.74, 6) is 0.570. The predicted octanol–water partition coefficient (Wildman–Crippen LogP) is 0.526. The number of rotatable bonds is 8. The zero-order valence-electron chi connectivity index (χ0n) is 8.68. The number of aromatic nitrogens is 2. The average Bonchev–Trinajstić information content (AvgIpc) is 2.74. The monoisotopic (exact) mass is 232 g/mol. The number of methoxy groups -OCH3 is 1. The molecule has 0 radical (unpaired) electrons. The number of H-pyrrole nitrogens is 1. The van der Waals surface area contributed by atoms with E-state index in [0.29, 0.717) is 25.6 Å². The lowest BCUT2D eigenvalue weighted by atomic mass is 10.4. The van der Waals surface area contributed by atoms with Crippen LogP contribution in [0.5, 0.6) is 0 Å². The van der Waals surface area contributed by atoms with Gasteiger partial charge >= 0.3 is 0 Å². The van der Waals surface area contributed by atoms with Gasteiger partial charge in [-0.05, 0) is 0 Å². The molecule has 1 atom stereocenters. The van der Waals surface area contributed by atoms with E-state index in [2.05, 4.69) is 9.97 Å². The summed E-state index contributed by atoms with van der Waals surface area (Å²) in [6.45, 7) is 1.40. The third-order valence-corrected chi connectivity index (χ3v) is 2.68. The molecule has 0 amide bonds. The van der Waals surface area contributed by atoms with Crippen molar-refractivity contribution in [1.82, 2.24) is 9.97 Å². The molecule has 6 heteroatoms. The first-order valence-corrected chi connectivity index (χ1v) is 5.68. The fourth-order valence-corrected chi connectivity index (χ4v) is 1.65. The second kappa shape index (κ2) is 7.70. The van der Waals surface area contributed by atoms with Crippen LogP contribution in [-0.4, -0.2) is 53.9 Å². The molecule has 1 heterocycles. The molecule has 1 unspecified atom stereocenters. The molecular formula is C9H16N2O3S. The van der Waals surface area contributed by atoms with E-state index in [0.717, 1.165) is 5.16 Å². The van der Waals surface area contributed by atoms with Gasteiger partial charge in [0, 0.05) is 25.3 Å². The van der Waals surface area contributed by atoms with Gasteiger partial charge in [0.2, 0.25) is 0 Å². The van der Waals surface area contributed by atoms with Crippen LogP contribution in [0.1, 0.15) is 0 Å². The van der Waals surface area contributed by atoms with Crippen LogP contribution in [0.2, 0.25) is 0 Å². The van der Waals surface area contributed by atoms with Crippen molar-refractivity contribution in [3.8, 4) is 0 Å². The van der Waals surface area contributed by atoms with E-state index in [1.54, 1.807) is 19.5 Å². The molecule has 0 fully saturated rings. The lowest BCUT2D eigenvalue weighted by Crippen LogP contribution is -2.19. The van der Waals surface area contributed by atoms with Gasteiger partial charge in [-0.15, -0.1) is 0 Å². The van der Waals surface area contributed by atoms with Crippen molar-refractivity contribution < 1.29 is 14.6 Å². The molecule has 0 spiro atoms. The number of nitrogens with one attached hydrogen (secondary N) is 1.